The molecule has 0 saturated heterocycles. The van der Waals surface area contributed by atoms with Gasteiger partial charge < -0.3 is 20.5 Å². The van der Waals surface area contributed by atoms with Crippen LogP contribution in [-0.4, -0.2) is 25.8 Å². The third-order valence-corrected chi connectivity index (χ3v) is 2.93. The van der Waals surface area contributed by atoms with Crippen LogP contribution in [0.25, 0.3) is 0 Å². The number of amides is 1. The molecule has 5 nitrogen and oxygen atoms in total. The van der Waals surface area contributed by atoms with Crippen molar-refractivity contribution < 1.29 is 14.3 Å². The molecule has 2 rings (SSSR count). The number of nitrogens with two attached hydrogens (primary N) is 1. The van der Waals surface area contributed by atoms with Gasteiger partial charge in [-0.2, -0.15) is 0 Å². The lowest BCUT2D eigenvalue weighted by Gasteiger charge is -2.14. The van der Waals surface area contributed by atoms with E-state index >= 15 is 0 Å². The molecule has 0 saturated carbocycles. The SMILES string of the molecule is CCNC(=O)C(CN)Cc1ccc2c(c1)OCO2. The van der Waals surface area contributed by atoms with E-state index in [0.717, 1.165) is 17.1 Å². The minimum Gasteiger partial charge on any atom is -0.454 e. The van der Waals surface area contributed by atoms with E-state index in [1.165, 1.54) is 0 Å². The maximum absolute atomic E-state index is 11.8. The van der Waals surface area contributed by atoms with Gasteiger partial charge in [0.25, 0.3) is 0 Å². The number of fused-ring (bicyclic) bond motifs is 1. The summed E-state index contributed by atoms with van der Waals surface area (Å²) in [7, 11) is 0. The van der Waals surface area contributed by atoms with Crippen molar-refractivity contribution in [3.63, 3.8) is 0 Å². The van der Waals surface area contributed by atoms with Gasteiger partial charge in [0.15, 0.2) is 11.5 Å². The summed E-state index contributed by atoms with van der Waals surface area (Å²) >= 11 is 0. The van der Waals surface area contributed by atoms with Gasteiger partial charge in [-0.05, 0) is 31.0 Å². The van der Waals surface area contributed by atoms with E-state index in [9.17, 15) is 4.79 Å². The Morgan fingerprint density at radius 3 is 2.94 bits per heavy atom. The minimum absolute atomic E-state index is 0.00216. The van der Waals surface area contributed by atoms with Crippen LogP contribution in [0.15, 0.2) is 18.2 Å². The summed E-state index contributed by atoms with van der Waals surface area (Å²) in [5.41, 5.74) is 6.68. The predicted molar refractivity (Wildman–Crippen MR) is 67.5 cm³/mol. The molecule has 1 unspecified atom stereocenters. The molecule has 98 valence electrons. The molecule has 0 spiro atoms. The van der Waals surface area contributed by atoms with E-state index < -0.39 is 0 Å². The molecule has 5 heteroatoms. The van der Waals surface area contributed by atoms with Crippen molar-refractivity contribution in [2.24, 2.45) is 11.7 Å². The van der Waals surface area contributed by atoms with Crippen molar-refractivity contribution in [1.29, 1.82) is 0 Å². The summed E-state index contributed by atoms with van der Waals surface area (Å²) in [5, 5.41) is 2.79. The average Bonchev–Trinajstić information content (AvgIpc) is 2.83. The maximum Gasteiger partial charge on any atom is 0.231 e. The fourth-order valence-electron chi connectivity index (χ4n) is 1.95. The Hall–Kier alpha value is -1.75. The van der Waals surface area contributed by atoms with Crippen molar-refractivity contribution in [1.82, 2.24) is 5.32 Å². The zero-order chi connectivity index (χ0) is 13.0. The molecule has 0 radical (unpaired) electrons. The number of carbonyl (C=O) groups is 1. The first-order chi connectivity index (χ1) is 8.74. The standard InChI is InChI=1S/C13H18N2O3/c1-2-15-13(16)10(7-14)5-9-3-4-11-12(6-9)18-8-17-11/h3-4,6,10H,2,5,7-8,14H2,1H3,(H,15,16). The Labute approximate surface area is 106 Å². The van der Waals surface area contributed by atoms with Crippen LogP contribution >= 0.6 is 0 Å². The largest absolute Gasteiger partial charge is 0.454 e. The predicted octanol–water partition coefficient (Wildman–Crippen LogP) is 0.669. The van der Waals surface area contributed by atoms with E-state index in [4.69, 9.17) is 15.2 Å². The Balaban J connectivity index is 2.05. The molecule has 0 bridgehead atoms. The Morgan fingerprint density at radius 1 is 1.44 bits per heavy atom. The normalized spacial score (nSPS) is 14.3. The molecule has 0 aromatic heterocycles. The minimum atomic E-state index is -0.203. The van der Waals surface area contributed by atoms with E-state index in [2.05, 4.69) is 5.32 Å². The molecule has 1 amide bonds. The molecule has 1 aromatic rings. The fraction of sp³-hybridized carbons (Fsp3) is 0.462. The second-order valence-electron chi connectivity index (χ2n) is 4.22. The van der Waals surface area contributed by atoms with Gasteiger partial charge in [-0.25, -0.2) is 0 Å². The van der Waals surface area contributed by atoms with Crippen molar-refractivity contribution >= 4 is 5.91 Å². The molecular weight excluding hydrogens is 232 g/mol. The van der Waals surface area contributed by atoms with Crippen LogP contribution in [0.2, 0.25) is 0 Å². The topological polar surface area (TPSA) is 73.6 Å². The highest BCUT2D eigenvalue weighted by atomic mass is 16.7. The van der Waals surface area contributed by atoms with Crippen molar-refractivity contribution in [3.05, 3.63) is 23.8 Å². The molecule has 1 aliphatic heterocycles. The van der Waals surface area contributed by atoms with Crippen LogP contribution < -0.4 is 20.5 Å². The van der Waals surface area contributed by atoms with Crippen LogP contribution in [0.5, 0.6) is 11.5 Å². The molecule has 18 heavy (non-hydrogen) atoms. The second-order valence-corrected chi connectivity index (χ2v) is 4.22. The number of benzene rings is 1. The van der Waals surface area contributed by atoms with Gasteiger partial charge in [-0.3, -0.25) is 4.79 Å². The second kappa shape index (κ2) is 5.73. The van der Waals surface area contributed by atoms with Gasteiger partial charge in [0.2, 0.25) is 12.7 Å². The fourth-order valence-corrected chi connectivity index (χ4v) is 1.95. The van der Waals surface area contributed by atoms with Gasteiger partial charge in [0, 0.05) is 13.1 Å². The van der Waals surface area contributed by atoms with Gasteiger partial charge in [-0.1, -0.05) is 6.07 Å². The number of ether oxygens (including phenoxy) is 2. The lowest BCUT2D eigenvalue weighted by molar-refractivity contribution is -0.124. The van der Waals surface area contributed by atoms with Crippen molar-refractivity contribution in [3.8, 4) is 11.5 Å². The van der Waals surface area contributed by atoms with Crippen LogP contribution in [-0.2, 0) is 11.2 Å². The molecule has 3 N–H and O–H groups in total. The molecular formula is C13H18N2O3. The summed E-state index contributed by atoms with van der Waals surface area (Å²) in [6.07, 6.45) is 0.610. The van der Waals surface area contributed by atoms with Gasteiger partial charge in [0.05, 0.1) is 5.92 Å². The highest BCUT2D eigenvalue weighted by molar-refractivity contribution is 5.79. The first-order valence-electron chi connectivity index (χ1n) is 6.11. The van der Waals surface area contributed by atoms with Crippen LogP contribution in [0.1, 0.15) is 12.5 Å². The van der Waals surface area contributed by atoms with Gasteiger partial charge in [0.1, 0.15) is 0 Å². The lowest BCUT2D eigenvalue weighted by Crippen LogP contribution is -2.36. The van der Waals surface area contributed by atoms with Gasteiger partial charge in [-0.15, -0.1) is 0 Å². The van der Waals surface area contributed by atoms with E-state index in [1.54, 1.807) is 0 Å². The summed E-state index contributed by atoms with van der Waals surface area (Å²) in [4.78, 5) is 11.8. The first kappa shape index (κ1) is 12.7. The molecule has 0 aliphatic carbocycles. The summed E-state index contributed by atoms with van der Waals surface area (Å²) in [6, 6.07) is 5.71. The Kier molecular flexibility index (Phi) is 4.04. The highest BCUT2D eigenvalue weighted by Crippen LogP contribution is 2.33. The number of hydrogen-bond acceptors (Lipinski definition) is 4. The van der Waals surface area contributed by atoms with E-state index in [1.807, 2.05) is 25.1 Å². The Bertz CT molecular complexity index is 434. The highest BCUT2D eigenvalue weighted by Gasteiger charge is 2.19. The third kappa shape index (κ3) is 2.73. The van der Waals surface area contributed by atoms with E-state index in [0.29, 0.717) is 19.5 Å². The summed E-state index contributed by atoms with van der Waals surface area (Å²) < 4.78 is 10.6. The van der Waals surface area contributed by atoms with Crippen molar-refractivity contribution in [2.45, 2.75) is 13.3 Å². The van der Waals surface area contributed by atoms with Crippen LogP contribution in [0, 0.1) is 5.92 Å². The number of rotatable bonds is 5. The maximum atomic E-state index is 11.8. The molecule has 1 aliphatic rings. The number of carbonyl (C=O) groups excluding carboxylic acids is 1. The van der Waals surface area contributed by atoms with Crippen LogP contribution in [0.3, 0.4) is 0 Å². The first-order valence-corrected chi connectivity index (χ1v) is 6.11. The lowest BCUT2D eigenvalue weighted by atomic mass is 9.98. The van der Waals surface area contributed by atoms with Gasteiger partial charge >= 0.3 is 0 Å². The average molecular weight is 250 g/mol. The molecule has 1 heterocycles. The molecule has 0 fully saturated rings. The Morgan fingerprint density at radius 2 is 2.22 bits per heavy atom. The zero-order valence-corrected chi connectivity index (χ0v) is 10.4. The number of hydrogen-bond donors (Lipinski definition) is 2. The summed E-state index contributed by atoms with van der Waals surface area (Å²) in [5.74, 6) is 1.28. The van der Waals surface area contributed by atoms with E-state index in [-0.39, 0.29) is 18.6 Å². The monoisotopic (exact) mass is 250 g/mol. The smallest absolute Gasteiger partial charge is 0.231 e. The molecule has 1 atom stereocenters. The van der Waals surface area contributed by atoms with Crippen molar-refractivity contribution in [2.75, 3.05) is 19.9 Å². The van der Waals surface area contributed by atoms with Crippen LogP contribution in [0.4, 0.5) is 0 Å². The zero-order valence-electron chi connectivity index (χ0n) is 10.4. The number of nitrogens with one attached hydrogen (secondary N) is 1. The quantitative estimate of drug-likeness (QED) is 0.805. The third-order valence-electron chi connectivity index (χ3n) is 2.93. The summed E-state index contributed by atoms with van der Waals surface area (Å²) in [6.45, 7) is 3.11. The molecule has 1 aromatic carbocycles.